The van der Waals surface area contributed by atoms with Crippen molar-refractivity contribution in [1.29, 1.82) is 0 Å². The topological polar surface area (TPSA) is 103 Å². The van der Waals surface area contributed by atoms with Crippen LogP contribution in [0.3, 0.4) is 0 Å². The lowest BCUT2D eigenvalue weighted by molar-refractivity contribution is -0.152. The molecule has 0 radical (unpaired) electrons. The van der Waals surface area contributed by atoms with Gasteiger partial charge in [0.2, 0.25) is 5.91 Å². The maximum absolute atomic E-state index is 13.0. The zero-order valence-corrected chi connectivity index (χ0v) is 18.3. The number of nitrogens with zero attached hydrogens (tertiary/aromatic N) is 3. The Morgan fingerprint density at radius 3 is 2.38 bits per heavy atom. The third-order valence-electron chi connectivity index (χ3n) is 4.87. The molecule has 3 rings (SSSR count). The van der Waals surface area contributed by atoms with Gasteiger partial charge < -0.3 is 10.1 Å². The summed E-state index contributed by atoms with van der Waals surface area (Å²) in [6.45, 7) is 5.30. The molecule has 1 aromatic heterocycles. The van der Waals surface area contributed by atoms with E-state index in [1.165, 1.54) is 17.3 Å². The summed E-state index contributed by atoms with van der Waals surface area (Å²) in [5, 5.41) is 6.75. The van der Waals surface area contributed by atoms with Crippen LogP contribution in [0.4, 0.5) is 0 Å². The third kappa shape index (κ3) is 5.87. The molecule has 3 aromatic rings. The first kappa shape index (κ1) is 22.9. The molecular weight excluding hydrogens is 408 g/mol. The molecular formula is C24H26N4O4. The van der Waals surface area contributed by atoms with Crippen LogP contribution in [0.2, 0.25) is 0 Å². The van der Waals surface area contributed by atoms with E-state index in [-0.39, 0.29) is 24.3 Å². The molecule has 0 unspecified atom stereocenters. The highest BCUT2D eigenvalue weighted by Crippen LogP contribution is 2.19. The van der Waals surface area contributed by atoms with Gasteiger partial charge in [-0.25, -0.2) is 9.78 Å². The molecule has 1 amide bonds. The number of ether oxygens (including phenoxy) is 1. The molecule has 0 aliphatic rings. The number of hydrogen-bond donors (Lipinski definition) is 1. The van der Waals surface area contributed by atoms with Gasteiger partial charge in [0, 0.05) is 11.1 Å². The summed E-state index contributed by atoms with van der Waals surface area (Å²) in [4.78, 5) is 42.1. The normalized spacial score (nSPS) is 12.8. The summed E-state index contributed by atoms with van der Waals surface area (Å²) in [7, 11) is 0. The zero-order valence-electron chi connectivity index (χ0n) is 18.3. The fourth-order valence-electron chi connectivity index (χ4n) is 3.16. The number of esters is 1. The minimum Gasteiger partial charge on any atom is -0.461 e. The lowest BCUT2D eigenvalue weighted by Gasteiger charge is -2.21. The van der Waals surface area contributed by atoms with E-state index in [9.17, 15) is 14.4 Å². The molecule has 0 aliphatic carbocycles. The summed E-state index contributed by atoms with van der Waals surface area (Å²) in [5.74, 6) is -1.63. The van der Waals surface area contributed by atoms with Gasteiger partial charge in [0.05, 0.1) is 18.6 Å². The highest BCUT2D eigenvalue weighted by molar-refractivity contribution is 6.09. The molecule has 0 bridgehead atoms. The smallest absolute Gasteiger partial charge is 0.330 e. The van der Waals surface area contributed by atoms with Crippen LogP contribution in [0.15, 0.2) is 67.3 Å². The summed E-state index contributed by atoms with van der Waals surface area (Å²) < 4.78 is 6.74. The molecule has 2 atom stereocenters. The van der Waals surface area contributed by atoms with Crippen molar-refractivity contribution in [3.63, 3.8) is 0 Å². The Kier molecular flexibility index (Phi) is 7.49. The molecule has 1 N–H and O–H groups in total. The first-order chi connectivity index (χ1) is 15.3. The van der Waals surface area contributed by atoms with E-state index in [1.54, 1.807) is 69.3 Å². The first-order valence-electron chi connectivity index (χ1n) is 10.4. The minimum absolute atomic E-state index is 0.0938. The zero-order chi connectivity index (χ0) is 23.1. The van der Waals surface area contributed by atoms with E-state index in [1.807, 2.05) is 6.07 Å². The summed E-state index contributed by atoms with van der Waals surface area (Å²) in [6, 6.07) is 15.0. The number of nitrogens with one attached hydrogen (secondary N) is 1. The largest absolute Gasteiger partial charge is 0.461 e. The van der Waals surface area contributed by atoms with Crippen LogP contribution < -0.4 is 5.32 Å². The van der Waals surface area contributed by atoms with Gasteiger partial charge >= 0.3 is 5.97 Å². The average molecular weight is 434 g/mol. The fourth-order valence-corrected chi connectivity index (χ4v) is 3.16. The Morgan fingerprint density at radius 2 is 1.72 bits per heavy atom. The number of carbonyl (C=O) groups excluding carboxylic acids is 3. The van der Waals surface area contributed by atoms with Gasteiger partial charge in [0.25, 0.3) is 0 Å². The molecule has 0 fully saturated rings. The van der Waals surface area contributed by atoms with Crippen molar-refractivity contribution in [2.24, 2.45) is 0 Å². The number of rotatable bonds is 9. The maximum Gasteiger partial charge on any atom is 0.330 e. The number of amides is 1. The van der Waals surface area contributed by atoms with Gasteiger partial charge in [-0.1, -0.05) is 48.5 Å². The Balaban J connectivity index is 1.75. The summed E-state index contributed by atoms with van der Waals surface area (Å²) >= 11 is 0. The molecule has 1 heterocycles. The van der Waals surface area contributed by atoms with Crippen molar-refractivity contribution >= 4 is 17.7 Å². The van der Waals surface area contributed by atoms with Gasteiger partial charge in [0.15, 0.2) is 5.78 Å². The Morgan fingerprint density at radius 1 is 1.00 bits per heavy atom. The molecule has 0 aliphatic heterocycles. The lowest BCUT2D eigenvalue weighted by Crippen LogP contribution is -2.46. The highest BCUT2D eigenvalue weighted by atomic mass is 16.5. The van der Waals surface area contributed by atoms with E-state index in [4.69, 9.17) is 4.74 Å². The van der Waals surface area contributed by atoms with Gasteiger partial charge in [-0.15, -0.1) is 0 Å². The van der Waals surface area contributed by atoms with Crippen LogP contribution in [0.1, 0.15) is 48.2 Å². The highest BCUT2D eigenvalue weighted by Gasteiger charge is 2.27. The molecule has 8 nitrogen and oxygen atoms in total. The van der Waals surface area contributed by atoms with Crippen LogP contribution in [0.5, 0.6) is 0 Å². The molecule has 0 saturated heterocycles. The van der Waals surface area contributed by atoms with Crippen LogP contribution in [0, 0.1) is 0 Å². The predicted octanol–water partition coefficient (Wildman–Crippen LogP) is 2.75. The van der Waals surface area contributed by atoms with Crippen LogP contribution in [-0.4, -0.2) is 44.6 Å². The number of ketones is 1. The standard InChI is InChI=1S/C24H26N4O4/c1-16(2)32-24(31)21(13-28-15-25-14-26-28)27-23(30)17(3)19-10-7-11-20(12-19)22(29)18-8-5-4-6-9-18/h4-12,14-17,21H,13H2,1-3H3,(H,27,30)/t17-,21+/m0/s1. The monoisotopic (exact) mass is 434 g/mol. The van der Waals surface area contributed by atoms with Crippen molar-refractivity contribution in [3.8, 4) is 0 Å². The maximum atomic E-state index is 13.0. The minimum atomic E-state index is -0.928. The lowest BCUT2D eigenvalue weighted by atomic mass is 9.95. The van der Waals surface area contributed by atoms with Crippen LogP contribution in [-0.2, 0) is 20.9 Å². The second-order valence-electron chi connectivity index (χ2n) is 7.71. The van der Waals surface area contributed by atoms with Crippen molar-refractivity contribution in [2.75, 3.05) is 0 Å². The van der Waals surface area contributed by atoms with Crippen molar-refractivity contribution in [2.45, 2.75) is 45.4 Å². The average Bonchev–Trinajstić information content (AvgIpc) is 3.31. The third-order valence-corrected chi connectivity index (χ3v) is 4.87. The van der Waals surface area contributed by atoms with Gasteiger partial charge in [-0.3, -0.25) is 14.3 Å². The first-order valence-corrected chi connectivity index (χ1v) is 10.4. The molecule has 8 heteroatoms. The van der Waals surface area contributed by atoms with Crippen LogP contribution in [0.25, 0.3) is 0 Å². The van der Waals surface area contributed by atoms with E-state index >= 15 is 0 Å². The molecule has 0 spiro atoms. The van der Waals surface area contributed by atoms with Crippen LogP contribution >= 0.6 is 0 Å². The second-order valence-corrected chi connectivity index (χ2v) is 7.71. The summed E-state index contributed by atoms with van der Waals surface area (Å²) in [5.41, 5.74) is 1.74. The van der Waals surface area contributed by atoms with Gasteiger partial charge in [0.1, 0.15) is 18.7 Å². The van der Waals surface area contributed by atoms with Crippen molar-refractivity contribution < 1.29 is 19.1 Å². The van der Waals surface area contributed by atoms with E-state index < -0.39 is 17.9 Å². The van der Waals surface area contributed by atoms with Gasteiger partial charge in [-0.2, -0.15) is 5.10 Å². The SMILES string of the molecule is CC(C)OC(=O)[C@@H](Cn1cncn1)NC(=O)[C@@H](C)c1cccc(C(=O)c2ccccc2)c1. The Hall–Kier alpha value is -3.81. The van der Waals surface area contributed by atoms with E-state index in [0.717, 1.165) is 0 Å². The Bertz CT molecular complexity index is 1060. The molecule has 0 saturated carbocycles. The number of benzene rings is 2. The number of hydrogen-bond acceptors (Lipinski definition) is 6. The van der Waals surface area contributed by atoms with E-state index in [2.05, 4.69) is 15.4 Å². The number of aromatic nitrogens is 3. The Labute approximate surface area is 186 Å². The number of carbonyl (C=O) groups is 3. The predicted molar refractivity (Wildman–Crippen MR) is 118 cm³/mol. The summed E-state index contributed by atoms with van der Waals surface area (Å²) in [6.07, 6.45) is 2.49. The molecule has 166 valence electrons. The van der Waals surface area contributed by atoms with Crippen molar-refractivity contribution in [3.05, 3.63) is 83.9 Å². The second kappa shape index (κ2) is 10.5. The fraction of sp³-hybridized carbons (Fsp3) is 0.292. The molecule has 2 aromatic carbocycles. The van der Waals surface area contributed by atoms with Crippen molar-refractivity contribution in [1.82, 2.24) is 20.1 Å². The quantitative estimate of drug-likeness (QED) is 0.410. The van der Waals surface area contributed by atoms with Gasteiger partial charge in [-0.05, 0) is 32.4 Å². The van der Waals surface area contributed by atoms with E-state index in [0.29, 0.717) is 16.7 Å². The molecule has 32 heavy (non-hydrogen) atoms.